The van der Waals surface area contributed by atoms with Gasteiger partial charge in [0.1, 0.15) is 5.75 Å². The standard InChI is InChI=1S/C40H44N4O7/c1-47-29-9-7-25(8-10-29)26-15-27-21-41-32-18-36(34(48-2)16-30(32)38(45)43(27)23-26)50-13-5-4-6-14-51-37-19-33-31(17-35(37)49-3)39(46)44-24-40(11-12-40)20-28(44)22-42-33/h7-10,16-19,22-23,27-28,41H,4-6,11-15,20-21,24H2,1-3H3/t27-,28?/m0/s1. The summed E-state index contributed by atoms with van der Waals surface area (Å²) in [5, 5.41) is 3.48. The first-order chi connectivity index (χ1) is 24.9. The van der Waals surface area contributed by atoms with Gasteiger partial charge in [-0.25, -0.2) is 0 Å². The second-order valence-electron chi connectivity index (χ2n) is 14.1. The number of benzene rings is 3. The number of methoxy groups -OCH3 is 3. The third-order valence-corrected chi connectivity index (χ3v) is 10.9. The monoisotopic (exact) mass is 692 g/mol. The van der Waals surface area contributed by atoms with Gasteiger partial charge in [-0.05, 0) is 85.8 Å². The molecular formula is C40H44N4O7. The van der Waals surface area contributed by atoms with Crippen LogP contribution in [0.3, 0.4) is 0 Å². The first-order valence-corrected chi connectivity index (χ1v) is 17.8. The lowest BCUT2D eigenvalue weighted by Gasteiger charge is -2.21. The fraction of sp³-hybridized carbons (Fsp3) is 0.425. The van der Waals surface area contributed by atoms with E-state index in [-0.39, 0.29) is 23.9 Å². The van der Waals surface area contributed by atoms with Crippen LogP contribution in [0.1, 0.15) is 71.2 Å². The van der Waals surface area contributed by atoms with Gasteiger partial charge in [0.25, 0.3) is 11.8 Å². The van der Waals surface area contributed by atoms with Gasteiger partial charge in [-0.3, -0.25) is 14.6 Å². The summed E-state index contributed by atoms with van der Waals surface area (Å²) in [5.74, 6) is 3.00. The predicted molar refractivity (Wildman–Crippen MR) is 194 cm³/mol. The molecule has 2 atom stereocenters. The number of hydrogen-bond donors (Lipinski definition) is 1. The van der Waals surface area contributed by atoms with Crippen LogP contribution in [0.2, 0.25) is 0 Å². The number of hydrogen-bond acceptors (Lipinski definition) is 9. The van der Waals surface area contributed by atoms with Crippen molar-refractivity contribution in [2.24, 2.45) is 10.4 Å². The molecule has 5 aliphatic rings. The molecule has 1 spiro atoms. The van der Waals surface area contributed by atoms with Gasteiger partial charge in [-0.1, -0.05) is 12.1 Å². The van der Waals surface area contributed by atoms with E-state index in [4.69, 9.17) is 28.7 Å². The number of unbranched alkanes of at least 4 members (excludes halogenated alkanes) is 2. The predicted octanol–water partition coefficient (Wildman–Crippen LogP) is 6.73. The first-order valence-electron chi connectivity index (χ1n) is 17.8. The highest BCUT2D eigenvalue weighted by atomic mass is 16.5. The highest BCUT2D eigenvalue weighted by molar-refractivity contribution is 6.04. The molecule has 3 aromatic carbocycles. The number of ether oxygens (including phenoxy) is 5. The van der Waals surface area contributed by atoms with Crippen LogP contribution in [-0.4, -0.2) is 87.5 Å². The van der Waals surface area contributed by atoms with Gasteiger partial charge in [0.2, 0.25) is 0 Å². The number of fused-ring (bicyclic) bond motifs is 4. The van der Waals surface area contributed by atoms with Crippen molar-refractivity contribution in [1.82, 2.24) is 9.80 Å². The van der Waals surface area contributed by atoms with Crippen molar-refractivity contribution in [3.05, 3.63) is 71.4 Å². The van der Waals surface area contributed by atoms with Gasteiger partial charge in [0.15, 0.2) is 23.0 Å². The summed E-state index contributed by atoms with van der Waals surface area (Å²) in [5.41, 5.74) is 5.00. The maximum absolute atomic E-state index is 13.7. The Bertz CT molecular complexity index is 1900. The zero-order valence-corrected chi connectivity index (χ0v) is 29.4. The second kappa shape index (κ2) is 13.5. The van der Waals surface area contributed by atoms with Crippen LogP contribution in [0.15, 0.2) is 59.7 Å². The molecular weight excluding hydrogens is 648 g/mol. The lowest BCUT2D eigenvalue weighted by molar-refractivity contribution is 0.0765. The van der Waals surface area contributed by atoms with Crippen LogP contribution in [0, 0.1) is 5.41 Å². The third kappa shape index (κ3) is 6.34. The zero-order valence-electron chi connectivity index (χ0n) is 29.4. The number of aliphatic imine (C=N–C) groups is 1. The first kappa shape index (κ1) is 33.0. The Hall–Kier alpha value is -5.19. The van der Waals surface area contributed by atoms with Gasteiger partial charge >= 0.3 is 0 Å². The fourth-order valence-corrected chi connectivity index (χ4v) is 7.75. The maximum Gasteiger partial charge on any atom is 0.260 e. The van der Waals surface area contributed by atoms with Crippen molar-refractivity contribution in [3.8, 4) is 28.7 Å². The number of nitrogens with zero attached hydrogens (tertiary/aromatic N) is 3. The van der Waals surface area contributed by atoms with Gasteiger partial charge in [-0.2, -0.15) is 0 Å². The van der Waals surface area contributed by atoms with Crippen LogP contribution in [-0.2, 0) is 0 Å². The normalized spacial score (nSPS) is 20.7. The van der Waals surface area contributed by atoms with E-state index in [0.29, 0.717) is 65.0 Å². The molecule has 4 aliphatic heterocycles. The summed E-state index contributed by atoms with van der Waals surface area (Å²) in [6.45, 7) is 2.42. The number of nitrogens with one attached hydrogen (secondary N) is 1. The zero-order chi connectivity index (χ0) is 35.1. The van der Waals surface area contributed by atoms with E-state index in [1.807, 2.05) is 58.6 Å². The molecule has 51 heavy (non-hydrogen) atoms. The Balaban J connectivity index is 0.846. The molecule has 1 saturated heterocycles. The summed E-state index contributed by atoms with van der Waals surface area (Å²) in [6.07, 6.45) is 10.6. The smallest absolute Gasteiger partial charge is 0.260 e. The highest BCUT2D eigenvalue weighted by Crippen LogP contribution is 2.55. The number of carbonyl (C=O) groups is 2. The van der Waals surface area contributed by atoms with Crippen LogP contribution >= 0.6 is 0 Å². The molecule has 4 heterocycles. The molecule has 11 nitrogen and oxygen atoms in total. The molecule has 0 aromatic heterocycles. The van der Waals surface area contributed by atoms with E-state index in [9.17, 15) is 9.59 Å². The second-order valence-corrected chi connectivity index (χ2v) is 14.1. The summed E-state index contributed by atoms with van der Waals surface area (Å²) in [6, 6.07) is 15.2. The number of rotatable bonds is 12. The van der Waals surface area contributed by atoms with Gasteiger partial charge in [-0.15, -0.1) is 0 Å². The van der Waals surface area contributed by atoms with E-state index < -0.39 is 0 Å². The molecule has 0 radical (unpaired) electrons. The van der Waals surface area contributed by atoms with E-state index >= 15 is 0 Å². The summed E-state index contributed by atoms with van der Waals surface area (Å²) in [4.78, 5) is 35.7. The van der Waals surface area contributed by atoms with Crippen LogP contribution in [0.4, 0.5) is 11.4 Å². The molecule has 0 bridgehead atoms. The van der Waals surface area contributed by atoms with Gasteiger partial charge < -0.3 is 38.8 Å². The largest absolute Gasteiger partial charge is 0.497 e. The van der Waals surface area contributed by atoms with Crippen molar-refractivity contribution in [1.29, 1.82) is 0 Å². The lowest BCUT2D eigenvalue weighted by Crippen LogP contribution is -2.35. The molecule has 1 aliphatic carbocycles. The van der Waals surface area contributed by atoms with Crippen LogP contribution in [0.25, 0.3) is 5.57 Å². The van der Waals surface area contributed by atoms with E-state index in [0.717, 1.165) is 61.2 Å². The van der Waals surface area contributed by atoms with Crippen molar-refractivity contribution >= 4 is 35.0 Å². The van der Waals surface area contributed by atoms with Crippen LogP contribution < -0.4 is 29.0 Å². The Labute approximate surface area is 298 Å². The molecule has 266 valence electrons. The number of anilines is 1. The minimum absolute atomic E-state index is 0.00754. The summed E-state index contributed by atoms with van der Waals surface area (Å²) >= 11 is 0. The maximum atomic E-state index is 13.7. The number of carbonyl (C=O) groups excluding carboxylic acids is 2. The molecule has 1 unspecified atom stereocenters. The third-order valence-electron chi connectivity index (χ3n) is 10.9. The molecule has 1 saturated carbocycles. The molecule has 2 amide bonds. The van der Waals surface area contributed by atoms with Crippen molar-refractivity contribution in [3.63, 3.8) is 0 Å². The lowest BCUT2D eigenvalue weighted by atomic mass is 10.0. The average molecular weight is 693 g/mol. The van der Waals surface area contributed by atoms with Gasteiger partial charge in [0, 0.05) is 37.6 Å². The van der Waals surface area contributed by atoms with Gasteiger partial charge in [0.05, 0.1) is 69.1 Å². The quantitative estimate of drug-likeness (QED) is 0.208. The van der Waals surface area contributed by atoms with Crippen molar-refractivity contribution < 1.29 is 33.3 Å². The average Bonchev–Trinajstić information content (AvgIpc) is 3.69. The molecule has 3 aromatic rings. The van der Waals surface area contributed by atoms with Crippen molar-refractivity contribution in [2.75, 3.05) is 52.9 Å². The Kier molecular flexibility index (Phi) is 8.73. The Morgan fingerprint density at radius 2 is 1.53 bits per heavy atom. The van der Waals surface area contributed by atoms with Crippen LogP contribution in [0.5, 0.6) is 28.7 Å². The fourth-order valence-electron chi connectivity index (χ4n) is 7.75. The minimum Gasteiger partial charge on any atom is -0.497 e. The van der Waals surface area contributed by atoms with E-state index in [1.165, 1.54) is 12.8 Å². The molecule has 2 fully saturated rings. The Morgan fingerprint density at radius 1 is 0.824 bits per heavy atom. The minimum atomic E-state index is -0.0651. The SMILES string of the molecule is COc1ccc(C2=CN3C(=O)c4cc(OC)c(OCCCCCOc5cc6c(cc5OC)C(=O)N5CC7(CC7)CC5C=N6)cc4NC[C@@H]3C2)cc1. The molecule has 1 N–H and O–H groups in total. The highest BCUT2D eigenvalue weighted by Gasteiger charge is 2.53. The molecule has 8 rings (SSSR count). The molecule has 11 heteroatoms. The summed E-state index contributed by atoms with van der Waals surface area (Å²) < 4.78 is 28.9. The Morgan fingerprint density at radius 3 is 2.22 bits per heavy atom. The van der Waals surface area contributed by atoms with E-state index in [2.05, 4.69) is 5.32 Å². The van der Waals surface area contributed by atoms with E-state index in [1.54, 1.807) is 33.5 Å². The topological polar surface area (TPSA) is 111 Å². The van der Waals surface area contributed by atoms with Crippen molar-refractivity contribution in [2.45, 2.75) is 57.0 Å². The number of amides is 2. The summed E-state index contributed by atoms with van der Waals surface area (Å²) in [7, 11) is 4.83.